The van der Waals surface area contributed by atoms with Crippen molar-refractivity contribution >= 4 is 28.8 Å². The molecule has 0 bridgehead atoms. The molecule has 6 nitrogen and oxygen atoms in total. The summed E-state index contributed by atoms with van der Waals surface area (Å²) in [5, 5.41) is 4.86. The van der Waals surface area contributed by atoms with Crippen LogP contribution < -0.4 is 11.1 Å². The molecule has 0 aliphatic carbocycles. The number of nitrogens with two attached hydrogens (primary N) is 1. The van der Waals surface area contributed by atoms with E-state index in [2.05, 4.69) is 10.3 Å². The van der Waals surface area contributed by atoms with E-state index in [1.54, 1.807) is 48.0 Å². The number of thiophene rings is 1. The molecular formula is C25H28N4O2S. The van der Waals surface area contributed by atoms with E-state index < -0.39 is 5.41 Å². The van der Waals surface area contributed by atoms with Gasteiger partial charge in [-0.3, -0.25) is 14.6 Å². The van der Waals surface area contributed by atoms with Gasteiger partial charge in [0.15, 0.2) is 0 Å². The Balaban J connectivity index is 1.46. The zero-order valence-electron chi connectivity index (χ0n) is 18.3. The summed E-state index contributed by atoms with van der Waals surface area (Å²) in [4.78, 5) is 32.9. The standard InChI is InChI=1S/C25H28N4O2S/c1-25(2,21-6-4-16-32-21)24(31)29-15-3-5-20(29)22(26)17-7-9-18(10-8-17)23(30)28-19-11-13-27-14-12-19/h4,6-14,16,20,22H,3,5,15,26H2,1-2H3,(H,27,28,30). The van der Waals surface area contributed by atoms with E-state index in [-0.39, 0.29) is 23.9 Å². The molecule has 4 rings (SSSR count). The second-order valence-electron chi connectivity index (χ2n) is 8.65. The number of carbonyl (C=O) groups excluding carboxylic acids is 2. The number of hydrogen-bond acceptors (Lipinski definition) is 5. The number of amides is 2. The summed E-state index contributed by atoms with van der Waals surface area (Å²) in [5.74, 6) is -0.0714. The van der Waals surface area contributed by atoms with Gasteiger partial charge in [-0.1, -0.05) is 18.2 Å². The zero-order chi connectivity index (χ0) is 22.7. The van der Waals surface area contributed by atoms with Crippen molar-refractivity contribution in [3.8, 4) is 0 Å². The third-order valence-corrected chi connectivity index (χ3v) is 7.34. The molecule has 166 valence electrons. The predicted molar refractivity (Wildman–Crippen MR) is 128 cm³/mol. The minimum Gasteiger partial charge on any atom is -0.337 e. The molecule has 0 spiro atoms. The van der Waals surface area contributed by atoms with Crippen molar-refractivity contribution < 1.29 is 9.59 Å². The van der Waals surface area contributed by atoms with Crippen LogP contribution in [-0.2, 0) is 10.2 Å². The zero-order valence-corrected chi connectivity index (χ0v) is 19.1. The third kappa shape index (κ3) is 4.45. The van der Waals surface area contributed by atoms with Gasteiger partial charge in [0.05, 0.1) is 17.5 Å². The van der Waals surface area contributed by atoms with Gasteiger partial charge in [-0.05, 0) is 68.0 Å². The summed E-state index contributed by atoms with van der Waals surface area (Å²) < 4.78 is 0. The van der Waals surface area contributed by atoms with Crippen LogP contribution in [0.25, 0.3) is 0 Å². The van der Waals surface area contributed by atoms with Crippen LogP contribution in [0, 0.1) is 0 Å². The van der Waals surface area contributed by atoms with E-state index in [1.807, 2.05) is 48.4 Å². The number of benzene rings is 1. The topological polar surface area (TPSA) is 88.3 Å². The Labute approximate surface area is 192 Å². The van der Waals surface area contributed by atoms with Gasteiger partial charge < -0.3 is 16.0 Å². The Hall–Kier alpha value is -3.03. The summed E-state index contributed by atoms with van der Waals surface area (Å²) in [6.45, 7) is 4.69. The van der Waals surface area contributed by atoms with Gasteiger partial charge in [0, 0.05) is 35.1 Å². The smallest absolute Gasteiger partial charge is 0.255 e. The van der Waals surface area contributed by atoms with E-state index in [0.29, 0.717) is 11.3 Å². The van der Waals surface area contributed by atoms with Crippen LogP contribution in [-0.4, -0.2) is 34.3 Å². The highest BCUT2D eigenvalue weighted by Crippen LogP contribution is 2.35. The molecule has 2 aromatic heterocycles. The minimum atomic E-state index is -0.578. The molecule has 32 heavy (non-hydrogen) atoms. The molecule has 1 aliphatic rings. The number of carbonyl (C=O) groups is 2. The van der Waals surface area contributed by atoms with Gasteiger partial charge in [-0.2, -0.15) is 0 Å². The number of likely N-dealkylation sites (tertiary alicyclic amines) is 1. The molecule has 3 aromatic rings. The first kappa shape index (κ1) is 22.2. The summed E-state index contributed by atoms with van der Waals surface area (Å²) in [6.07, 6.45) is 5.08. The van der Waals surface area contributed by atoms with Gasteiger partial charge in [0.2, 0.25) is 5.91 Å². The number of nitrogens with zero attached hydrogens (tertiary/aromatic N) is 2. The van der Waals surface area contributed by atoms with Crippen LogP contribution in [0.3, 0.4) is 0 Å². The maximum absolute atomic E-state index is 13.4. The van der Waals surface area contributed by atoms with Gasteiger partial charge in [0.25, 0.3) is 5.91 Å². The lowest BCUT2D eigenvalue weighted by atomic mass is 9.88. The molecule has 3 N–H and O–H groups in total. The lowest BCUT2D eigenvalue weighted by Gasteiger charge is -2.35. The van der Waals surface area contributed by atoms with Crippen molar-refractivity contribution in [3.63, 3.8) is 0 Å². The largest absolute Gasteiger partial charge is 0.337 e. The molecule has 2 atom stereocenters. The fourth-order valence-electron chi connectivity index (χ4n) is 4.23. The number of anilines is 1. The van der Waals surface area contributed by atoms with Crippen LogP contribution in [0.2, 0.25) is 0 Å². The number of hydrogen-bond donors (Lipinski definition) is 2. The van der Waals surface area contributed by atoms with Gasteiger partial charge in [0.1, 0.15) is 0 Å². The van der Waals surface area contributed by atoms with Crippen molar-refractivity contribution in [2.24, 2.45) is 5.73 Å². The first-order valence-corrected chi connectivity index (χ1v) is 11.7. The second-order valence-corrected chi connectivity index (χ2v) is 9.60. The average Bonchev–Trinajstić information content (AvgIpc) is 3.51. The predicted octanol–water partition coefficient (Wildman–Crippen LogP) is 4.36. The first-order valence-electron chi connectivity index (χ1n) is 10.8. The van der Waals surface area contributed by atoms with Crippen LogP contribution in [0.4, 0.5) is 5.69 Å². The summed E-state index contributed by atoms with van der Waals surface area (Å²) in [7, 11) is 0. The Morgan fingerprint density at radius 1 is 1.16 bits per heavy atom. The third-order valence-electron chi connectivity index (χ3n) is 6.14. The quantitative estimate of drug-likeness (QED) is 0.586. The normalized spacial score (nSPS) is 17.2. The summed E-state index contributed by atoms with van der Waals surface area (Å²) in [5.41, 5.74) is 8.23. The van der Waals surface area contributed by atoms with Gasteiger partial charge in [-0.15, -0.1) is 11.3 Å². The van der Waals surface area contributed by atoms with Crippen LogP contribution in [0.1, 0.15) is 53.5 Å². The monoisotopic (exact) mass is 448 g/mol. The van der Waals surface area contributed by atoms with Gasteiger partial charge >= 0.3 is 0 Å². The van der Waals surface area contributed by atoms with Crippen molar-refractivity contribution in [2.45, 2.75) is 44.2 Å². The van der Waals surface area contributed by atoms with Crippen molar-refractivity contribution in [1.82, 2.24) is 9.88 Å². The number of rotatable bonds is 6. The summed E-state index contributed by atoms with van der Waals surface area (Å²) in [6, 6.07) is 14.4. The highest BCUT2D eigenvalue weighted by atomic mass is 32.1. The molecule has 1 aliphatic heterocycles. The van der Waals surface area contributed by atoms with E-state index in [1.165, 1.54) is 0 Å². The van der Waals surface area contributed by atoms with Gasteiger partial charge in [-0.25, -0.2) is 0 Å². The van der Waals surface area contributed by atoms with Crippen LogP contribution >= 0.6 is 11.3 Å². The molecule has 1 fully saturated rings. The fraction of sp³-hybridized carbons (Fsp3) is 0.320. The number of pyridine rings is 1. The maximum Gasteiger partial charge on any atom is 0.255 e. The first-order chi connectivity index (χ1) is 15.4. The Bertz CT molecular complexity index is 1070. The van der Waals surface area contributed by atoms with E-state index in [9.17, 15) is 9.59 Å². The van der Waals surface area contributed by atoms with Crippen LogP contribution in [0.15, 0.2) is 66.3 Å². The van der Waals surface area contributed by atoms with E-state index >= 15 is 0 Å². The lowest BCUT2D eigenvalue weighted by Crippen LogP contribution is -2.48. The van der Waals surface area contributed by atoms with Crippen molar-refractivity contribution in [2.75, 3.05) is 11.9 Å². The van der Waals surface area contributed by atoms with Crippen molar-refractivity contribution in [1.29, 1.82) is 0 Å². The average molecular weight is 449 g/mol. The highest BCUT2D eigenvalue weighted by Gasteiger charge is 2.41. The molecule has 0 saturated carbocycles. The van der Waals surface area contributed by atoms with E-state index in [4.69, 9.17) is 5.73 Å². The molecular weight excluding hydrogens is 420 g/mol. The highest BCUT2D eigenvalue weighted by molar-refractivity contribution is 7.10. The second kappa shape index (κ2) is 9.22. The molecule has 7 heteroatoms. The van der Waals surface area contributed by atoms with Crippen molar-refractivity contribution in [3.05, 3.63) is 82.3 Å². The lowest BCUT2D eigenvalue weighted by molar-refractivity contribution is -0.137. The molecule has 1 saturated heterocycles. The Kier molecular flexibility index (Phi) is 6.39. The minimum absolute atomic E-state index is 0.0572. The van der Waals surface area contributed by atoms with Crippen LogP contribution in [0.5, 0.6) is 0 Å². The SMILES string of the molecule is CC(C)(C(=O)N1CCCC1C(N)c1ccc(C(=O)Nc2ccncc2)cc1)c1cccs1. The Morgan fingerprint density at radius 2 is 1.88 bits per heavy atom. The molecule has 3 heterocycles. The summed E-state index contributed by atoms with van der Waals surface area (Å²) >= 11 is 1.61. The molecule has 2 unspecified atom stereocenters. The maximum atomic E-state index is 13.4. The fourth-order valence-corrected chi connectivity index (χ4v) is 5.08. The molecule has 1 aromatic carbocycles. The van der Waals surface area contributed by atoms with E-state index in [0.717, 1.165) is 29.8 Å². The molecule has 0 radical (unpaired) electrons. The molecule has 2 amide bonds. The number of aromatic nitrogens is 1. The number of nitrogens with one attached hydrogen (secondary N) is 1. The Morgan fingerprint density at radius 3 is 2.53 bits per heavy atom.